The Morgan fingerprint density at radius 1 is 1.14 bits per heavy atom. The van der Waals surface area contributed by atoms with E-state index in [4.69, 9.17) is 21.1 Å². The largest absolute Gasteiger partial charge is 0.487 e. The highest BCUT2D eigenvalue weighted by molar-refractivity contribution is 6.32. The van der Waals surface area contributed by atoms with Crippen LogP contribution in [-0.4, -0.2) is 38.0 Å². The molecule has 0 aliphatic carbocycles. The first-order chi connectivity index (χ1) is 14.0. The van der Waals surface area contributed by atoms with Crippen molar-refractivity contribution < 1.29 is 23.9 Å². The Hall–Kier alpha value is -3.10. The Morgan fingerprint density at radius 3 is 2.62 bits per heavy atom. The number of benzene rings is 2. The van der Waals surface area contributed by atoms with Crippen molar-refractivity contribution in [3.63, 3.8) is 0 Å². The molecule has 1 aliphatic heterocycles. The first-order valence-corrected chi connectivity index (χ1v) is 9.31. The van der Waals surface area contributed by atoms with E-state index in [1.165, 1.54) is 5.01 Å². The molecule has 1 heterocycles. The van der Waals surface area contributed by atoms with E-state index in [-0.39, 0.29) is 37.2 Å². The lowest BCUT2D eigenvalue weighted by Gasteiger charge is -2.27. The molecule has 0 aromatic heterocycles. The van der Waals surface area contributed by atoms with Crippen LogP contribution in [0.15, 0.2) is 42.5 Å². The van der Waals surface area contributed by atoms with Crippen molar-refractivity contribution >= 4 is 40.7 Å². The van der Waals surface area contributed by atoms with E-state index in [9.17, 15) is 14.4 Å². The highest BCUT2D eigenvalue weighted by Gasteiger charge is 2.24. The summed E-state index contributed by atoms with van der Waals surface area (Å²) in [5, 5.41) is 4.33. The molecule has 3 amide bonds. The molecule has 29 heavy (non-hydrogen) atoms. The molecule has 8 nitrogen and oxygen atoms in total. The first-order valence-electron chi connectivity index (χ1n) is 8.93. The Labute approximate surface area is 172 Å². The fourth-order valence-electron chi connectivity index (χ4n) is 2.72. The molecule has 1 saturated heterocycles. The highest BCUT2D eigenvalue weighted by Crippen LogP contribution is 2.33. The summed E-state index contributed by atoms with van der Waals surface area (Å²) in [5.74, 6) is -0.450. The number of methoxy groups -OCH3 is 1. The van der Waals surface area contributed by atoms with Crippen LogP contribution in [0.25, 0.3) is 0 Å². The number of nitrogens with one attached hydrogen (secondary N) is 2. The number of carbonyl (C=O) groups is 3. The number of anilines is 2. The third kappa shape index (κ3) is 5.04. The van der Waals surface area contributed by atoms with E-state index in [1.54, 1.807) is 49.6 Å². The number of ether oxygens (including phenoxy) is 2. The molecule has 0 saturated carbocycles. The van der Waals surface area contributed by atoms with Gasteiger partial charge in [-0.15, -0.1) is 0 Å². The highest BCUT2D eigenvalue weighted by atomic mass is 35.5. The van der Waals surface area contributed by atoms with Gasteiger partial charge in [0.25, 0.3) is 5.91 Å². The first kappa shape index (κ1) is 20.6. The van der Waals surface area contributed by atoms with Crippen molar-refractivity contribution in [2.45, 2.75) is 12.8 Å². The van der Waals surface area contributed by atoms with Gasteiger partial charge in [0, 0.05) is 25.5 Å². The number of hydrogen-bond acceptors (Lipinski definition) is 5. The third-order valence-corrected chi connectivity index (χ3v) is 4.49. The Kier molecular flexibility index (Phi) is 6.69. The zero-order valence-corrected chi connectivity index (χ0v) is 16.5. The van der Waals surface area contributed by atoms with Crippen molar-refractivity contribution in [3.05, 3.63) is 53.1 Å². The van der Waals surface area contributed by atoms with Gasteiger partial charge in [-0.2, -0.15) is 0 Å². The number of hydrazine groups is 1. The molecule has 2 N–H and O–H groups in total. The van der Waals surface area contributed by atoms with Gasteiger partial charge in [-0.3, -0.25) is 19.8 Å². The standard InChI is InChI=1S/C20H20ClN3O5/c1-28-11-12-29-19-15(21)3-2-4-16(19)22-20(27)13-5-7-14(8-6-13)24-18(26)10-9-17(25)23-24/h2-8H,9-12H2,1H3,(H,22,27)(H,23,25). The van der Waals surface area contributed by atoms with Crippen LogP contribution < -0.4 is 20.5 Å². The number of hydrogen-bond donors (Lipinski definition) is 2. The number of carbonyl (C=O) groups excluding carboxylic acids is 3. The molecule has 0 atom stereocenters. The van der Waals surface area contributed by atoms with Crippen LogP contribution in [0.5, 0.6) is 5.75 Å². The molecular weight excluding hydrogens is 398 g/mol. The average Bonchev–Trinajstić information content (AvgIpc) is 2.72. The maximum Gasteiger partial charge on any atom is 0.255 e. The summed E-state index contributed by atoms with van der Waals surface area (Å²) in [5.41, 5.74) is 3.79. The van der Waals surface area contributed by atoms with Gasteiger partial charge in [0.05, 0.1) is 23.0 Å². The Balaban J connectivity index is 1.72. The minimum Gasteiger partial charge on any atom is -0.487 e. The molecule has 0 spiro atoms. The molecular formula is C20H20ClN3O5. The second kappa shape index (κ2) is 9.40. The molecule has 1 aliphatic rings. The predicted octanol–water partition coefficient (Wildman–Crippen LogP) is 2.78. The maximum atomic E-state index is 12.6. The second-order valence-electron chi connectivity index (χ2n) is 6.22. The van der Waals surface area contributed by atoms with Crippen LogP contribution in [0.3, 0.4) is 0 Å². The topological polar surface area (TPSA) is 97.0 Å². The summed E-state index contributed by atoms with van der Waals surface area (Å²) >= 11 is 6.18. The lowest BCUT2D eigenvalue weighted by Crippen LogP contribution is -2.50. The van der Waals surface area contributed by atoms with Crippen LogP contribution in [-0.2, 0) is 14.3 Å². The van der Waals surface area contributed by atoms with E-state index in [0.29, 0.717) is 34.3 Å². The zero-order chi connectivity index (χ0) is 20.8. The van der Waals surface area contributed by atoms with Gasteiger partial charge in [-0.25, -0.2) is 5.01 Å². The van der Waals surface area contributed by atoms with Gasteiger partial charge < -0.3 is 14.8 Å². The van der Waals surface area contributed by atoms with E-state index >= 15 is 0 Å². The van der Waals surface area contributed by atoms with E-state index < -0.39 is 0 Å². The smallest absolute Gasteiger partial charge is 0.255 e. The summed E-state index contributed by atoms with van der Waals surface area (Å²) in [6.07, 6.45) is 0.318. The molecule has 2 aromatic rings. The fourth-order valence-corrected chi connectivity index (χ4v) is 2.95. The van der Waals surface area contributed by atoms with Crippen LogP contribution >= 0.6 is 11.6 Å². The molecule has 9 heteroatoms. The lowest BCUT2D eigenvalue weighted by atomic mass is 10.1. The minimum atomic E-state index is -0.371. The van der Waals surface area contributed by atoms with Gasteiger partial charge in [0.1, 0.15) is 6.61 Å². The Bertz CT molecular complexity index is 917. The van der Waals surface area contributed by atoms with Crippen molar-refractivity contribution in [1.29, 1.82) is 0 Å². The van der Waals surface area contributed by atoms with Crippen LogP contribution in [0.2, 0.25) is 5.02 Å². The van der Waals surface area contributed by atoms with Crippen molar-refractivity contribution in [1.82, 2.24) is 5.43 Å². The molecule has 1 fully saturated rings. The zero-order valence-electron chi connectivity index (χ0n) is 15.7. The summed E-state index contributed by atoms with van der Waals surface area (Å²) in [4.78, 5) is 36.1. The van der Waals surface area contributed by atoms with Gasteiger partial charge in [-0.05, 0) is 36.4 Å². The maximum absolute atomic E-state index is 12.6. The second-order valence-corrected chi connectivity index (χ2v) is 6.63. The van der Waals surface area contributed by atoms with Gasteiger partial charge in [0.15, 0.2) is 5.75 Å². The summed E-state index contributed by atoms with van der Waals surface area (Å²) in [6, 6.07) is 11.4. The van der Waals surface area contributed by atoms with E-state index in [1.807, 2.05) is 0 Å². The fraction of sp³-hybridized carbons (Fsp3) is 0.250. The van der Waals surface area contributed by atoms with Crippen molar-refractivity contribution in [3.8, 4) is 5.75 Å². The van der Waals surface area contributed by atoms with Crippen molar-refractivity contribution in [2.24, 2.45) is 0 Å². The summed E-state index contributed by atoms with van der Waals surface area (Å²) < 4.78 is 10.6. The number of amides is 3. The number of halogens is 1. The van der Waals surface area contributed by atoms with Gasteiger partial charge in [0.2, 0.25) is 11.8 Å². The summed E-state index contributed by atoms with van der Waals surface area (Å²) in [7, 11) is 1.56. The third-order valence-electron chi connectivity index (χ3n) is 4.19. The Morgan fingerprint density at radius 2 is 1.90 bits per heavy atom. The van der Waals surface area contributed by atoms with E-state index in [2.05, 4.69) is 10.7 Å². The van der Waals surface area contributed by atoms with Crippen molar-refractivity contribution in [2.75, 3.05) is 30.6 Å². The molecule has 3 rings (SSSR count). The van der Waals surface area contributed by atoms with Crippen LogP contribution in [0, 0.1) is 0 Å². The number of para-hydroxylation sites is 1. The lowest BCUT2D eigenvalue weighted by molar-refractivity contribution is -0.130. The quantitative estimate of drug-likeness (QED) is 0.675. The molecule has 0 radical (unpaired) electrons. The SMILES string of the molecule is COCCOc1c(Cl)cccc1NC(=O)c1ccc(N2NC(=O)CCC2=O)cc1. The molecule has 0 unspecified atom stereocenters. The molecule has 2 aromatic carbocycles. The van der Waals surface area contributed by atoms with Gasteiger partial charge >= 0.3 is 0 Å². The van der Waals surface area contributed by atoms with Crippen LogP contribution in [0.4, 0.5) is 11.4 Å². The molecule has 0 bridgehead atoms. The molecule has 152 valence electrons. The van der Waals surface area contributed by atoms with Gasteiger partial charge in [-0.1, -0.05) is 17.7 Å². The number of nitrogens with zero attached hydrogens (tertiary/aromatic N) is 1. The minimum absolute atomic E-state index is 0.148. The average molecular weight is 418 g/mol. The normalized spacial score (nSPS) is 13.8. The van der Waals surface area contributed by atoms with E-state index in [0.717, 1.165) is 0 Å². The monoisotopic (exact) mass is 417 g/mol. The van der Waals surface area contributed by atoms with Crippen LogP contribution in [0.1, 0.15) is 23.2 Å². The number of rotatable bonds is 7. The summed E-state index contributed by atoms with van der Waals surface area (Å²) in [6.45, 7) is 0.666. The predicted molar refractivity (Wildman–Crippen MR) is 108 cm³/mol.